The fourth-order valence-corrected chi connectivity index (χ4v) is 6.74. The minimum Gasteiger partial charge on any atom is -0.456 e. The summed E-state index contributed by atoms with van der Waals surface area (Å²) in [5, 5.41) is 41.2. The van der Waals surface area contributed by atoms with Gasteiger partial charge in [-0.25, -0.2) is 13.9 Å². The fraction of sp³-hybridized carbons (Fsp3) is 0.641. The first-order valence-electron chi connectivity index (χ1n) is 18.5. The van der Waals surface area contributed by atoms with Gasteiger partial charge in [0.2, 0.25) is 0 Å². The zero-order chi connectivity index (χ0) is 42.5. The molecule has 4 unspecified atom stereocenters. The summed E-state index contributed by atoms with van der Waals surface area (Å²) in [5.74, 6) is 26.7. The van der Waals surface area contributed by atoms with Crippen LogP contribution in [0, 0.1) is 71.0 Å². The highest BCUT2D eigenvalue weighted by Crippen LogP contribution is 2.48. The number of aliphatic hydroxyl groups excluding tert-OH is 4. The van der Waals surface area contributed by atoms with Gasteiger partial charge < -0.3 is 44.6 Å². The molecular formula is C39H52O16P2. The molecule has 314 valence electrons. The third-order valence-electron chi connectivity index (χ3n) is 8.02. The van der Waals surface area contributed by atoms with Gasteiger partial charge in [-0.05, 0) is 72.5 Å². The summed E-state index contributed by atoms with van der Waals surface area (Å²) in [7, 11) is -10.7. The molecule has 16 nitrogen and oxygen atoms in total. The first-order chi connectivity index (χ1) is 27.1. The van der Waals surface area contributed by atoms with E-state index in [-0.39, 0.29) is 6.42 Å². The van der Waals surface area contributed by atoms with Crippen LogP contribution in [-0.4, -0.2) is 103 Å². The molecule has 0 aromatic heterocycles. The average molecular weight is 839 g/mol. The normalized spacial score (nSPS) is 21.2. The van der Waals surface area contributed by atoms with Crippen LogP contribution in [0.15, 0.2) is 0 Å². The van der Waals surface area contributed by atoms with Crippen LogP contribution in [-0.2, 0) is 41.8 Å². The number of phosphoric ester groups is 2. The molecule has 0 bridgehead atoms. The second-order valence-electron chi connectivity index (χ2n) is 12.7. The van der Waals surface area contributed by atoms with E-state index in [0.29, 0.717) is 6.42 Å². The predicted molar refractivity (Wildman–Crippen MR) is 205 cm³/mol. The Morgan fingerprint density at radius 3 is 1.47 bits per heavy atom. The number of phosphoric acid groups is 2. The number of ether oxygens (including phenoxy) is 2. The molecule has 8 atom stereocenters. The largest absolute Gasteiger partial charge is 0.472 e. The molecule has 0 aromatic carbocycles. The van der Waals surface area contributed by atoms with Gasteiger partial charge >= 0.3 is 27.6 Å². The van der Waals surface area contributed by atoms with E-state index in [1.807, 2.05) is 0 Å². The number of esters is 2. The highest BCUT2D eigenvalue weighted by molar-refractivity contribution is 7.47. The molecule has 1 saturated carbocycles. The number of unbranched alkanes of at least 4 members (excludes halogenated alkanes) is 12. The van der Waals surface area contributed by atoms with Crippen LogP contribution in [0.25, 0.3) is 0 Å². The van der Waals surface area contributed by atoms with Crippen molar-refractivity contribution >= 4 is 27.6 Å². The highest BCUT2D eigenvalue weighted by atomic mass is 31.2. The van der Waals surface area contributed by atoms with Crippen LogP contribution in [0.1, 0.15) is 104 Å². The van der Waals surface area contributed by atoms with E-state index >= 15 is 0 Å². The van der Waals surface area contributed by atoms with E-state index in [0.717, 1.165) is 32.1 Å². The molecule has 1 fully saturated rings. The molecule has 0 spiro atoms. The Balaban J connectivity index is 2.80. The Hall–Kier alpha value is -3.64. The van der Waals surface area contributed by atoms with E-state index in [9.17, 15) is 44.0 Å². The van der Waals surface area contributed by atoms with Crippen molar-refractivity contribution in [2.75, 3.05) is 13.2 Å². The van der Waals surface area contributed by atoms with Gasteiger partial charge in [0.15, 0.2) is 6.10 Å². The molecule has 7 N–H and O–H groups in total. The van der Waals surface area contributed by atoms with Gasteiger partial charge in [0.05, 0.1) is 6.61 Å². The average Bonchev–Trinajstić information content (AvgIpc) is 3.16. The van der Waals surface area contributed by atoms with Gasteiger partial charge in [-0.1, -0.05) is 89.9 Å². The number of hydrogen-bond donors (Lipinski definition) is 7. The van der Waals surface area contributed by atoms with Gasteiger partial charge in [0.1, 0.15) is 43.2 Å². The van der Waals surface area contributed by atoms with Crippen molar-refractivity contribution in [3.63, 3.8) is 0 Å². The monoisotopic (exact) mass is 838 g/mol. The summed E-state index contributed by atoms with van der Waals surface area (Å²) in [6.45, 7) is 2.18. The van der Waals surface area contributed by atoms with E-state index in [1.54, 1.807) is 6.92 Å². The van der Waals surface area contributed by atoms with Crippen molar-refractivity contribution in [2.24, 2.45) is 0 Å². The summed E-state index contributed by atoms with van der Waals surface area (Å²) in [5.41, 5.74) is 0. The van der Waals surface area contributed by atoms with Crippen molar-refractivity contribution in [3.8, 4) is 71.0 Å². The van der Waals surface area contributed by atoms with Crippen LogP contribution in [0.3, 0.4) is 0 Å². The number of aliphatic hydroxyl groups is 4. The molecule has 1 aliphatic carbocycles. The van der Waals surface area contributed by atoms with E-state index in [1.165, 1.54) is 44.9 Å². The number of rotatable bonds is 24. The summed E-state index contributed by atoms with van der Waals surface area (Å²) in [4.78, 5) is 53.2. The Morgan fingerprint density at radius 2 is 1.02 bits per heavy atom. The van der Waals surface area contributed by atoms with Crippen molar-refractivity contribution in [3.05, 3.63) is 0 Å². The maximum absolute atomic E-state index is 12.8. The van der Waals surface area contributed by atoms with Crippen LogP contribution in [0.4, 0.5) is 0 Å². The molecule has 0 saturated heterocycles. The standard InChI is InChI=1S/C39H52O16P2/c1-3-5-7-9-11-13-15-16-18-20-22-24-26-28-33(41)53-31(29-51-32(40)27-25-23-21-19-17-14-12-10-8-6-4-2)30-52-57(49,50)55-39-36(44)34(42)38(35(43)37(39)45)54-56(46,47)48/h31,34-39,42-45H,3,5,7,9,11,13,15-16,18,20,22,24,26,28-30H2,1-2H3,(H,49,50)(H2,46,47,48)/t31-,34+,35?,36?,37+,38+,39?/m1/s1. The lowest BCUT2D eigenvalue weighted by molar-refractivity contribution is -0.216. The number of carbonyl (C=O) groups is 2. The maximum Gasteiger partial charge on any atom is 0.472 e. The third kappa shape index (κ3) is 24.7. The Bertz CT molecular complexity index is 1720. The van der Waals surface area contributed by atoms with Crippen molar-refractivity contribution < 1.29 is 76.9 Å². The topological polar surface area (TPSA) is 256 Å². The Labute approximate surface area is 334 Å². The van der Waals surface area contributed by atoms with Crippen molar-refractivity contribution in [1.29, 1.82) is 0 Å². The van der Waals surface area contributed by atoms with E-state index < -0.39 is 83.5 Å². The van der Waals surface area contributed by atoms with Gasteiger partial charge in [-0.15, -0.1) is 0 Å². The molecule has 0 amide bonds. The van der Waals surface area contributed by atoms with Crippen molar-refractivity contribution in [2.45, 2.75) is 146 Å². The summed E-state index contributed by atoms with van der Waals surface area (Å²) >= 11 is 0. The molecular weight excluding hydrogens is 786 g/mol. The number of carbonyl (C=O) groups excluding carboxylic acids is 2. The third-order valence-corrected chi connectivity index (χ3v) is 9.52. The SMILES string of the molecule is CC#CC#CC#CC#CC#CC#CC(=O)OC[C@H](COP(=O)(O)OC1C(O)[C@H](O)[C@H](OP(=O)(O)O)C(O)[C@@H]1O)OC(=O)CCCCCCCCCCCCCCC. The zero-order valence-corrected chi connectivity index (χ0v) is 33.8. The lowest BCUT2D eigenvalue weighted by Gasteiger charge is -2.43. The molecule has 57 heavy (non-hydrogen) atoms. The summed E-state index contributed by atoms with van der Waals surface area (Å²) in [6.07, 6.45) is -0.999. The van der Waals surface area contributed by atoms with Crippen molar-refractivity contribution in [1.82, 2.24) is 0 Å². The minimum absolute atomic E-state index is 0.0240. The van der Waals surface area contributed by atoms with Gasteiger partial charge in [0.25, 0.3) is 0 Å². The highest BCUT2D eigenvalue weighted by Gasteiger charge is 2.54. The Morgan fingerprint density at radius 1 is 0.596 bits per heavy atom. The smallest absolute Gasteiger partial charge is 0.456 e. The molecule has 1 rings (SSSR count). The lowest BCUT2D eigenvalue weighted by Crippen LogP contribution is -2.64. The quantitative estimate of drug-likeness (QED) is 0.0242. The summed E-state index contributed by atoms with van der Waals surface area (Å²) in [6, 6.07) is 0. The van der Waals surface area contributed by atoms with Crippen LogP contribution >= 0.6 is 15.6 Å². The molecule has 0 radical (unpaired) electrons. The molecule has 18 heteroatoms. The van der Waals surface area contributed by atoms with Crippen LogP contribution in [0.2, 0.25) is 0 Å². The van der Waals surface area contributed by atoms with E-state index in [2.05, 4.69) is 82.5 Å². The second kappa shape index (κ2) is 29.6. The summed E-state index contributed by atoms with van der Waals surface area (Å²) < 4.78 is 48.2. The van der Waals surface area contributed by atoms with Gasteiger partial charge in [-0.2, -0.15) is 0 Å². The molecule has 0 aliphatic heterocycles. The van der Waals surface area contributed by atoms with Crippen LogP contribution < -0.4 is 0 Å². The van der Waals surface area contributed by atoms with E-state index in [4.69, 9.17) is 28.3 Å². The molecule has 1 aliphatic rings. The molecule has 0 heterocycles. The van der Waals surface area contributed by atoms with Crippen LogP contribution in [0.5, 0.6) is 0 Å². The zero-order valence-electron chi connectivity index (χ0n) is 32.1. The fourth-order valence-electron chi connectivity index (χ4n) is 5.20. The lowest BCUT2D eigenvalue weighted by atomic mass is 9.85. The van der Waals surface area contributed by atoms with Gasteiger partial charge in [-0.3, -0.25) is 18.4 Å². The predicted octanol–water partition coefficient (Wildman–Crippen LogP) is 2.40. The minimum atomic E-state index is -5.34. The Kier molecular flexibility index (Phi) is 26.6. The number of hydrogen-bond acceptors (Lipinski definition) is 13. The second-order valence-corrected chi connectivity index (χ2v) is 15.3. The van der Waals surface area contributed by atoms with Gasteiger partial charge in [0, 0.05) is 12.3 Å². The molecule has 0 aromatic rings. The first kappa shape index (κ1) is 51.4. The first-order valence-corrected chi connectivity index (χ1v) is 21.5. The maximum atomic E-state index is 12.8.